The lowest BCUT2D eigenvalue weighted by Crippen LogP contribution is -3.07. The fourth-order valence-electron chi connectivity index (χ4n) is 3.66. The van der Waals surface area contributed by atoms with Gasteiger partial charge in [0.25, 0.3) is 0 Å². The number of aromatic nitrogens is 1. The van der Waals surface area contributed by atoms with Crippen LogP contribution in [0.2, 0.25) is 0 Å². The van der Waals surface area contributed by atoms with E-state index in [0.29, 0.717) is 19.5 Å². The molecule has 7 heteroatoms. The zero-order valence-corrected chi connectivity index (χ0v) is 18.7. The molecule has 0 radical (unpaired) electrons. The van der Waals surface area contributed by atoms with E-state index in [-0.39, 0.29) is 6.04 Å². The van der Waals surface area contributed by atoms with E-state index in [0.717, 1.165) is 27.7 Å². The van der Waals surface area contributed by atoms with E-state index in [9.17, 15) is 9.59 Å². The Morgan fingerprint density at radius 1 is 1.00 bits per heavy atom. The maximum atomic E-state index is 12.3. The van der Waals surface area contributed by atoms with Crippen LogP contribution in [0.3, 0.4) is 0 Å². The Balaban J connectivity index is 1.50. The number of aromatic amines is 1. The van der Waals surface area contributed by atoms with E-state index in [2.05, 4.69) is 39.9 Å². The second-order valence-electron chi connectivity index (χ2n) is 8.19. The molecule has 1 heterocycles. The lowest BCUT2D eigenvalue weighted by atomic mass is 10.1. The molecule has 0 aliphatic carbocycles. The first kappa shape index (κ1) is 22.4. The van der Waals surface area contributed by atoms with Crippen molar-refractivity contribution in [3.05, 3.63) is 65.9 Å². The van der Waals surface area contributed by atoms with Crippen LogP contribution in [0.25, 0.3) is 10.9 Å². The quantitative estimate of drug-likeness (QED) is 0.407. The number of anilines is 1. The predicted octanol–water partition coefficient (Wildman–Crippen LogP) is 0.895. The molecule has 0 aliphatic heterocycles. The van der Waals surface area contributed by atoms with E-state index >= 15 is 0 Å². The highest BCUT2D eigenvalue weighted by Crippen LogP contribution is 2.18. The van der Waals surface area contributed by atoms with Gasteiger partial charge in [0.1, 0.15) is 6.04 Å². The molecule has 2 amide bonds. The Morgan fingerprint density at radius 2 is 1.68 bits per heavy atom. The number of nitrogens with zero attached hydrogens (tertiary/aromatic N) is 1. The van der Waals surface area contributed by atoms with E-state index < -0.39 is 11.8 Å². The zero-order valence-electron chi connectivity index (χ0n) is 18.7. The molecular formula is C24H32N5O2+. The van der Waals surface area contributed by atoms with E-state index in [4.69, 9.17) is 0 Å². The number of carbonyl (C=O) groups excluding carboxylic acids is 2. The van der Waals surface area contributed by atoms with Crippen molar-refractivity contribution in [3.63, 3.8) is 0 Å². The van der Waals surface area contributed by atoms with Crippen LogP contribution in [0, 0.1) is 0 Å². The molecule has 7 nitrogen and oxygen atoms in total. The van der Waals surface area contributed by atoms with Crippen molar-refractivity contribution in [2.75, 3.05) is 46.2 Å². The van der Waals surface area contributed by atoms with Gasteiger partial charge in [0.2, 0.25) is 0 Å². The van der Waals surface area contributed by atoms with Gasteiger partial charge >= 0.3 is 11.8 Å². The highest BCUT2D eigenvalue weighted by Gasteiger charge is 2.21. The molecule has 0 unspecified atom stereocenters. The van der Waals surface area contributed by atoms with Crippen LogP contribution in [0.1, 0.15) is 17.2 Å². The lowest BCUT2D eigenvalue weighted by Gasteiger charge is -2.23. The first-order chi connectivity index (χ1) is 14.9. The largest absolute Gasteiger partial charge is 0.378 e. The summed E-state index contributed by atoms with van der Waals surface area (Å²) in [4.78, 5) is 31.0. The second-order valence-corrected chi connectivity index (χ2v) is 8.19. The number of para-hydroxylation sites is 1. The second kappa shape index (κ2) is 10.1. The van der Waals surface area contributed by atoms with Gasteiger partial charge in [0, 0.05) is 49.0 Å². The topological polar surface area (TPSA) is 81.7 Å². The number of carbonyl (C=O) groups is 2. The van der Waals surface area contributed by atoms with Crippen molar-refractivity contribution in [2.45, 2.75) is 12.5 Å². The standard InChI is InChI=1S/C24H31N5O2/c1-28(2)19-11-9-17(10-12-19)22(29(3)4)16-27-24(31)23(30)25-14-13-18-15-26-21-8-6-5-7-20(18)21/h5-12,15,22,26H,13-14,16H2,1-4H3,(H,25,30)(H,27,31)/p+1/t22-/m0/s1. The van der Waals surface area contributed by atoms with Crippen molar-refractivity contribution < 1.29 is 14.5 Å². The van der Waals surface area contributed by atoms with Gasteiger partial charge in [-0.3, -0.25) is 9.59 Å². The molecule has 31 heavy (non-hydrogen) atoms. The molecule has 2 aromatic carbocycles. The van der Waals surface area contributed by atoms with Gasteiger partial charge in [-0.25, -0.2) is 0 Å². The molecule has 0 fully saturated rings. The van der Waals surface area contributed by atoms with Gasteiger partial charge in [-0.2, -0.15) is 0 Å². The summed E-state index contributed by atoms with van der Waals surface area (Å²) in [6.45, 7) is 0.792. The number of hydrogen-bond donors (Lipinski definition) is 4. The minimum absolute atomic E-state index is 0.0548. The third-order valence-corrected chi connectivity index (χ3v) is 5.54. The number of likely N-dealkylation sites (N-methyl/N-ethyl adjacent to an activating group) is 1. The summed E-state index contributed by atoms with van der Waals surface area (Å²) >= 11 is 0. The van der Waals surface area contributed by atoms with E-state index in [1.54, 1.807) is 0 Å². The van der Waals surface area contributed by atoms with Crippen molar-refractivity contribution in [1.82, 2.24) is 15.6 Å². The SMILES string of the molecule is CN(C)c1ccc([C@H](CNC(=O)C(=O)NCCc2c[nH]c3ccccc23)[NH+](C)C)cc1. The lowest BCUT2D eigenvalue weighted by molar-refractivity contribution is -0.890. The van der Waals surface area contributed by atoms with Gasteiger partial charge in [-0.1, -0.05) is 30.3 Å². The summed E-state index contributed by atoms with van der Waals surface area (Å²) in [5.74, 6) is -1.20. The van der Waals surface area contributed by atoms with Crippen molar-refractivity contribution >= 4 is 28.4 Å². The Bertz CT molecular complexity index is 1020. The van der Waals surface area contributed by atoms with Gasteiger partial charge < -0.3 is 25.4 Å². The molecule has 0 bridgehead atoms. The van der Waals surface area contributed by atoms with Gasteiger partial charge in [-0.05, 0) is 30.2 Å². The van der Waals surface area contributed by atoms with Crippen LogP contribution in [-0.4, -0.2) is 58.1 Å². The van der Waals surface area contributed by atoms with Gasteiger partial charge in [0.05, 0.1) is 20.6 Å². The molecule has 1 atom stereocenters. The van der Waals surface area contributed by atoms with Crippen LogP contribution in [0.4, 0.5) is 5.69 Å². The average molecular weight is 423 g/mol. The minimum Gasteiger partial charge on any atom is -0.378 e. The normalized spacial score (nSPS) is 12.0. The molecule has 3 rings (SSSR count). The van der Waals surface area contributed by atoms with Crippen molar-refractivity contribution in [3.8, 4) is 0 Å². The molecule has 0 saturated carbocycles. The average Bonchev–Trinajstić information content (AvgIpc) is 3.17. The highest BCUT2D eigenvalue weighted by molar-refractivity contribution is 6.35. The van der Waals surface area contributed by atoms with Crippen molar-refractivity contribution in [1.29, 1.82) is 0 Å². The number of hydrogen-bond acceptors (Lipinski definition) is 3. The number of H-pyrrole nitrogens is 1. The Labute approximate surface area is 183 Å². The highest BCUT2D eigenvalue weighted by atomic mass is 16.2. The van der Waals surface area contributed by atoms with Gasteiger partial charge in [0.15, 0.2) is 0 Å². The third kappa shape index (κ3) is 5.64. The number of nitrogens with one attached hydrogen (secondary N) is 4. The summed E-state index contributed by atoms with van der Waals surface area (Å²) in [5, 5.41) is 6.64. The fraction of sp³-hybridized carbons (Fsp3) is 0.333. The van der Waals surface area contributed by atoms with E-state index in [1.165, 1.54) is 4.90 Å². The molecule has 3 aromatic rings. The molecule has 0 spiro atoms. The van der Waals surface area contributed by atoms with Gasteiger partial charge in [-0.15, -0.1) is 0 Å². The summed E-state index contributed by atoms with van der Waals surface area (Å²) in [5.41, 5.74) is 4.42. The molecule has 164 valence electrons. The Hall–Kier alpha value is -3.32. The Morgan fingerprint density at radius 3 is 2.35 bits per heavy atom. The first-order valence-corrected chi connectivity index (χ1v) is 10.5. The van der Waals surface area contributed by atoms with Crippen LogP contribution in [-0.2, 0) is 16.0 Å². The van der Waals surface area contributed by atoms with Crippen LogP contribution >= 0.6 is 0 Å². The summed E-state index contributed by atoms with van der Waals surface area (Å²) in [6, 6.07) is 16.3. The number of amides is 2. The van der Waals surface area contributed by atoms with Crippen LogP contribution in [0.15, 0.2) is 54.7 Å². The number of benzene rings is 2. The smallest absolute Gasteiger partial charge is 0.309 e. The molecule has 1 aromatic heterocycles. The van der Waals surface area contributed by atoms with Crippen LogP contribution < -0.4 is 20.4 Å². The predicted molar refractivity (Wildman–Crippen MR) is 124 cm³/mol. The van der Waals surface area contributed by atoms with Crippen molar-refractivity contribution in [2.24, 2.45) is 0 Å². The van der Waals surface area contributed by atoms with E-state index in [1.807, 2.05) is 63.6 Å². The first-order valence-electron chi connectivity index (χ1n) is 10.5. The maximum Gasteiger partial charge on any atom is 0.309 e. The molecule has 0 saturated heterocycles. The fourth-order valence-corrected chi connectivity index (χ4v) is 3.66. The molecular weight excluding hydrogens is 390 g/mol. The maximum absolute atomic E-state index is 12.3. The Kier molecular flexibility index (Phi) is 7.31. The summed E-state index contributed by atoms with van der Waals surface area (Å²) in [7, 11) is 8.08. The van der Waals surface area contributed by atoms with Crippen LogP contribution in [0.5, 0.6) is 0 Å². The monoisotopic (exact) mass is 422 g/mol. The summed E-state index contributed by atoms with van der Waals surface area (Å²) in [6.07, 6.45) is 2.61. The number of quaternary nitrogens is 1. The zero-order chi connectivity index (χ0) is 22.4. The third-order valence-electron chi connectivity index (χ3n) is 5.54. The molecule has 4 N–H and O–H groups in total. The number of rotatable bonds is 8. The molecule has 0 aliphatic rings. The summed E-state index contributed by atoms with van der Waals surface area (Å²) < 4.78 is 0. The minimum atomic E-state index is -0.602. The number of fused-ring (bicyclic) bond motifs is 1.